The first kappa shape index (κ1) is 13.7. The largest absolute Gasteiger partial charge is 0.354 e. The van der Waals surface area contributed by atoms with E-state index in [-0.39, 0.29) is 5.91 Å². The first-order chi connectivity index (χ1) is 9.70. The highest BCUT2D eigenvalue weighted by atomic mass is 16.1. The molecule has 1 aliphatic carbocycles. The molecular formula is C16H25N3O. The second-order valence-corrected chi connectivity index (χ2v) is 6.23. The van der Waals surface area contributed by atoms with Crippen LogP contribution in [0, 0.1) is 5.92 Å². The van der Waals surface area contributed by atoms with Crippen molar-refractivity contribution in [1.29, 1.82) is 0 Å². The van der Waals surface area contributed by atoms with Gasteiger partial charge in [0.15, 0.2) is 0 Å². The van der Waals surface area contributed by atoms with Crippen LogP contribution in [0.15, 0.2) is 12.1 Å². The van der Waals surface area contributed by atoms with Crippen LogP contribution in [0.5, 0.6) is 0 Å². The van der Waals surface area contributed by atoms with E-state index in [0.29, 0.717) is 6.04 Å². The van der Waals surface area contributed by atoms with Gasteiger partial charge in [0.05, 0.1) is 6.04 Å². The molecule has 2 fully saturated rings. The third-order valence-corrected chi connectivity index (χ3v) is 4.77. The summed E-state index contributed by atoms with van der Waals surface area (Å²) in [6, 6.07) is 4.59. The monoisotopic (exact) mass is 275 g/mol. The lowest BCUT2D eigenvalue weighted by molar-refractivity contribution is 0.0952. The third kappa shape index (κ3) is 2.62. The standard InChI is InChI=1S/C16H25N3O/c1-17-16(20)15-9-8-13(18(15)2)14-5-3-4-10-19(14)11-12-6-7-12/h8-9,12,14H,3-7,10-11H2,1-2H3,(H,17,20). The Morgan fingerprint density at radius 2 is 2.10 bits per heavy atom. The summed E-state index contributed by atoms with van der Waals surface area (Å²) >= 11 is 0. The molecule has 1 aliphatic heterocycles. The van der Waals surface area contributed by atoms with Gasteiger partial charge in [0.25, 0.3) is 5.91 Å². The maximum absolute atomic E-state index is 11.9. The molecule has 4 heteroatoms. The zero-order valence-corrected chi connectivity index (χ0v) is 12.6. The van der Waals surface area contributed by atoms with Gasteiger partial charge < -0.3 is 9.88 Å². The van der Waals surface area contributed by atoms with E-state index in [9.17, 15) is 4.79 Å². The Balaban J connectivity index is 1.81. The van der Waals surface area contributed by atoms with Crippen molar-refractivity contribution in [3.8, 4) is 0 Å². The average Bonchev–Trinajstić information content (AvgIpc) is 3.20. The van der Waals surface area contributed by atoms with Crippen LogP contribution < -0.4 is 5.32 Å². The first-order valence-corrected chi connectivity index (χ1v) is 7.82. The molecule has 1 aromatic rings. The van der Waals surface area contributed by atoms with E-state index in [1.54, 1.807) is 7.05 Å². The Labute approximate surface area is 121 Å². The Bertz CT molecular complexity index is 490. The summed E-state index contributed by atoms with van der Waals surface area (Å²) in [4.78, 5) is 14.5. The average molecular weight is 275 g/mol. The molecule has 1 N–H and O–H groups in total. The Morgan fingerprint density at radius 3 is 2.80 bits per heavy atom. The lowest BCUT2D eigenvalue weighted by Crippen LogP contribution is -2.36. The number of rotatable bonds is 4. The molecule has 1 aromatic heterocycles. The topological polar surface area (TPSA) is 37.3 Å². The summed E-state index contributed by atoms with van der Waals surface area (Å²) in [6.45, 7) is 2.45. The zero-order valence-electron chi connectivity index (χ0n) is 12.6. The minimum absolute atomic E-state index is 0.00306. The molecule has 2 heterocycles. The SMILES string of the molecule is CNC(=O)c1ccc(C2CCCCN2CC2CC2)n1C. The highest BCUT2D eigenvalue weighted by Crippen LogP contribution is 2.37. The second-order valence-electron chi connectivity index (χ2n) is 6.23. The van der Waals surface area contributed by atoms with Gasteiger partial charge in [-0.25, -0.2) is 0 Å². The van der Waals surface area contributed by atoms with Crippen molar-refractivity contribution in [2.45, 2.75) is 38.1 Å². The molecule has 3 rings (SSSR count). The molecule has 1 unspecified atom stereocenters. The number of nitrogens with zero attached hydrogens (tertiary/aromatic N) is 2. The lowest BCUT2D eigenvalue weighted by Gasteiger charge is -2.36. The third-order valence-electron chi connectivity index (χ3n) is 4.77. The summed E-state index contributed by atoms with van der Waals surface area (Å²) in [6.07, 6.45) is 6.64. The van der Waals surface area contributed by atoms with Gasteiger partial charge in [0.1, 0.15) is 5.69 Å². The number of amides is 1. The number of piperidine rings is 1. The van der Waals surface area contributed by atoms with Gasteiger partial charge in [0, 0.05) is 26.3 Å². The van der Waals surface area contributed by atoms with Crippen molar-refractivity contribution in [3.63, 3.8) is 0 Å². The lowest BCUT2D eigenvalue weighted by atomic mass is 9.99. The summed E-state index contributed by atoms with van der Waals surface area (Å²) in [5, 5.41) is 2.72. The zero-order chi connectivity index (χ0) is 14.1. The minimum atomic E-state index is 0.00306. The molecule has 4 nitrogen and oxygen atoms in total. The number of carbonyl (C=O) groups excluding carboxylic acids is 1. The Kier molecular flexibility index (Phi) is 3.83. The van der Waals surface area contributed by atoms with Gasteiger partial charge in [0.2, 0.25) is 0 Å². The molecule has 0 aromatic carbocycles. The van der Waals surface area contributed by atoms with Crippen LogP contribution in [0.3, 0.4) is 0 Å². The Morgan fingerprint density at radius 1 is 1.30 bits per heavy atom. The molecule has 2 aliphatic rings. The van der Waals surface area contributed by atoms with E-state index in [1.165, 1.54) is 50.9 Å². The van der Waals surface area contributed by atoms with Crippen molar-refractivity contribution in [2.75, 3.05) is 20.1 Å². The molecule has 110 valence electrons. The van der Waals surface area contributed by atoms with Gasteiger partial charge in [-0.05, 0) is 50.3 Å². The van der Waals surface area contributed by atoms with Crippen molar-refractivity contribution >= 4 is 5.91 Å². The molecule has 1 atom stereocenters. The summed E-state index contributed by atoms with van der Waals surface area (Å²) in [5.41, 5.74) is 2.06. The molecule has 20 heavy (non-hydrogen) atoms. The molecule has 0 radical (unpaired) electrons. The second kappa shape index (κ2) is 5.60. The number of aromatic nitrogens is 1. The molecule has 1 saturated carbocycles. The minimum Gasteiger partial charge on any atom is -0.354 e. The predicted octanol–water partition coefficient (Wildman–Crippen LogP) is 2.32. The fourth-order valence-electron chi connectivity index (χ4n) is 3.39. The van der Waals surface area contributed by atoms with Gasteiger partial charge in [-0.3, -0.25) is 9.69 Å². The summed E-state index contributed by atoms with van der Waals surface area (Å²) in [7, 11) is 3.71. The van der Waals surface area contributed by atoms with Crippen molar-refractivity contribution in [2.24, 2.45) is 13.0 Å². The normalized spacial score (nSPS) is 23.8. The summed E-state index contributed by atoms with van der Waals surface area (Å²) < 4.78 is 2.08. The quantitative estimate of drug-likeness (QED) is 0.915. The van der Waals surface area contributed by atoms with Crippen molar-refractivity contribution in [1.82, 2.24) is 14.8 Å². The Hall–Kier alpha value is -1.29. The van der Waals surface area contributed by atoms with E-state index in [0.717, 1.165) is 11.6 Å². The van der Waals surface area contributed by atoms with E-state index >= 15 is 0 Å². The maximum atomic E-state index is 11.9. The van der Waals surface area contributed by atoms with Gasteiger partial charge in [-0.1, -0.05) is 6.42 Å². The first-order valence-electron chi connectivity index (χ1n) is 7.82. The van der Waals surface area contributed by atoms with Crippen molar-refractivity contribution < 1.29 is 4.79 Å². The smallest absolute Gasteiger partial charge is 0.267 e. The summed E-state index contributed by atoms with van der Waals surface area (Å²) in [5.74, 6) is 0.928. The van der Waals surface area contributed by atoms with Crippen LogP contribution in [0.2, 0.25) is 0 Å². The number of hydrogen-bond acceptors (Lipinski definition) is 2. The number of nitrogens with one attached hydrogen (secondary N) is 1. The molecular weight excluding hydrogens is 250 g/mol. The van der Waals surface area contributed by atoms with Crippen LogP contribution in [0.25, 0.3) is 0 Å². The fourth-order valence-corrected chi connectivity index (χ4v) is 3.39. The van der Waals surface area contributed by atoms with E-state index < -0.39 is 0 Å². The van der Waals surface area contributed by atoms with Crippen LogP contribution in [-0.4, -0.2) is 35.5 Å². The van der Waals surface area contributed by atoms with Gasteiger partial charge >= 0.3 is 0 Å². The fraction of sp³-hybridized carbons (Fsp3) is 0.688. The van der Waals surface area contributed by atoms with E-state index in [1.807, 2.05) is 13.1 Å². The number of carbonyl (C=O) groups is 1. The highest BCUT2D eigenvalue weighted by Gasteiger charge is 2.31. The number of hydrogen-bond donors (Lipinski definition) is 1. The highest BCUT2D eigenvalue weighted by molar-refractivity contribution is 5.92. The van der Waals surface area contributed by atoms with Crippen LogP contribution >= 0.6 is 0 Å². The van der Waals surface area contributed by atoms with E-state index in [4.69, 9.17) is 0 Å². The van der Waals surface area contributed by atoms with Crippen LogP contribution in [0.1, 0.15) is 54.3 Å². The predicted molar refractivity (Wildman–Crippen MR) is 79.7 cm³/mol. The molecule has 0 spiro atoms. The van der Waals surface area contributed by atoms with Crippen LogP contribution in [-0.2, 0) is 7.05 Å². The number of likely N-dealkylation sites (tertiary alicyclic amines) is 1. The van der Waals surface area contributed by atoms with Gasteiger partial charge in [-0.15, -0.1) is 0 Å². The molecule has 1 saturated heterocycles. The molecule has 1 amide bonds. The molecule has 0 bridgehead atoms. The van der Waals surface area contributed by atoms with Crippen LogP contribution in [0.4, 0.5) is 0 Å². The van der Waals surface area contributed by atoms with Crippen molar-refractivity contribution in [3.05, 3.63) is 23.5 Å². The van der Waals surface area contributed by atoms with E-state index in [2.05, 4.69) is 20.9 Å². The maximum Gasteiger partial charge on any atom is 0.267 e. The van der Waals surface area contributed by atoms with Gasteiger partial charge in [-0.2, -0.15) is 0 Å².